The average Bonchev–Trinajstić information content (AvgIpc) is 2.85. The van der Waals surface area contributed by atoms with Crippen molar-refractivity contribution >= 4 is 22.7 Å². The fourth-order valence-corrected chi connectivity index (χ4v) is 2.37. The minimum atomic E-state index is 0.693. The molecule has 0 aliphatic carbocycles. The van der Waals surface area contributed by atoms with Gasteiger partial charge >= 0.3 is 0 Å². The molecule has 1 heterocycles. The van der Waals surface area contributed by atoms with Crippen molar-refractivity contribution in [1.82, 2.24) is 0 Å². The summed E-state index contributed by atoms with van der Waals surface area (Å²) in [6.07, 6.45) is 0. The minimum absolute atomic E-state index is 0.693. The number of nitrogen functional groups attached to an aromatic ring is 1. The predicted molar refractivity (Wildman–Crippen MR) is 74.5 cm³/mol. The first-order valence-corrected chi connectivity index (χ1v) is 6.35. The van der Waals surface area contributed by atoms with E-state index in [0.29, 0.717) is 6.61 Å². The molecule has 0 spiro atoms. The Bertz CT molecular complexity index is 468. The number of benzene rings is 1. The Morgan fingerprint density at radius 3 is 2.94 bits per heavy atom. The Hall–Kier alpha value is -1.52. The molecule has 0 amide bonds. The van der Waals surface area contributed by atoms with E-state index >= 15 is 0 Å². The number of nitrogens with one attached hydrogen (secondary N) is 1. The van der Waals surface area contributed by atoms with E-state index < -0.39 is 0 Å². The second-order valence-corrected chi connectivity index (χ2v) is 4.65. The largest absolute Gasteiger partial charge is 0.398 e. The van der Waals surface area contributed by atoms with Crippen LogP contribution in [0.4, 0.5) is 11.4 Å². The summed E-state index contributed by atoms with van der Waals surface area (Å²) in [6, 6.07) is 10.1. The van der Waals surface area contributed by atoms with Gasteiger partial charge < -0.3 is 15.8 Å². The maximum absolute atomic E-state index is 5.99. The zero-order chi connectivity index (χ0) is 12.1. The zero-order valence-corrected chi connectivity index (χ0v) is 10.6. The van der Waals surface area contributed by atoms with Crippen molar-refractivity contribution in [2.75, 3.05) is 31.3 Å². The molecule has 4 heteroatoms. The molecule has 17 heavy (non-hydrogen) atoms. The van der Waals surface area contributed by atoms with E-state index in [9.17, 15) is 0 Å². The maximum Gasteiger partial charge on any atom is 0.0635 e. The highest BCUT2D eigenvalue weighted by molar-refractivity contribution is 7.13. The van der Waals surface area contributed by atoms with Crippen molar-refractivity contribution in [2.45, 2.75) is 0 Å². The molecular weight excluding hydrogens is 232 g/mol. The van der Waals surface area contributed by atoms with E-state index in [1.807, 2.05) is 18.2 Å². The Balaban J connectivity index is 2.18. The molecule has 0 aliphatic rings. The molecule has 0 radical (unpaired) electrons. The molecule has 0 atom stereocenters. The van der Waals surface area contributed by atoms with Crippen molar-refractivity contribution in [1.29, 1.82) is 0 Å². The molecule has 0 fully saturated rings. The summed E-state index contributed by atoms with van der Waals surface area (Å²) < 4.78 is 5.00. The third-order valence-electron chi connectivity index (χ3n) is 2.48. The van der Waals surface area contributed by atoms with Gasteiger partial charge in [-0.25, -0.2) is 0 Å². The number of hydrogen-bond acceptors (Lipinski definition) is 4. The summed E-state index contributed by atoms with van der Waals surface area (Å²) in [5, 5.41) is 5.35. The highest BCUT2D eigenvalue weighted by Gasteiger charge is 2.04. The summed E-state index contributed by atoms with van der Waals surface area (Å²) in [7, 11) is 1.70. The lowest BCUT2D eigenvalue weighted by Crippen LogP contribution is -2.07. The number of anilines is 2. The Labute approximate surface area is 105 Å². The molecule has 3 N–H and O–H groups in total. The average molecular weight is 248 g/mol. The first-order chi connectivity index (χ1) is 8.31. The van der Waals surface area contributed by atoms with Gasteiger partial charge in [-0.2, -0.15) is 0 Å². The van der Waals surface area contributed by atoms with Crippen molar-refractivity contribution in [2.24, 2.45) is 0 Å². The lowest BCUT2D eigenvalue weighted by molar-refractivity contribution is 0.211. The number of thiophene rings is 1. The summed E-state index contributed by atoms with van der Waals surface area (Å²) in [4.78, 5) is 1.19. The molecular formula is C13H16N2OS. The van der Waals surface area contributed by atoms with E-state index in [-0.39, 0.29) is 0 Å². The van der Waals surface area contributed by atoms with Crippen LogP contribution >= 0.6 is 11.3 Å². The topological polar surface area (TPSA) is 47.3 Å². The van der Waals surface area contributed by atoms with Gasteiger partial charge in [0.25, 0.3) is 0 Å². The van der Waals surface area contributed by atoms with Crippen LogP contribution in [-0.2, 0) is 4.74 Å². The van der Waals surface area contributed by atoms with Crippen LogP contribution in [-0.4, -0.2) is 20.3 Å². The molecule has 2 aromatic rings. The first-order valence-electron chi connectivity index (χ1n) is 5.47. The van der Waals surface area contributed by atoms with Crippen LogP contribution in [0.1, 0.15) is 0 Å². The minimum Gasteiger partial charge on any atom is -0.398 e. The Morgan fingerprint density at radius 2 is 2.24 bits per heavy atom. The first kappa shape index (κ1) is 12.0. The molecule has 0 aliphatic heterocycles. The van der Waals surface area contributed by atoms with Crippen molar-refractivity contribution in [3.63, 3.8) is 0 Å². The van der Waals surface area contributed by atoms with Crippen LogP contribution in [0.15, 0.2) is 35.7 Å². The van der Waals surface area contributed by atoms with Gasteiger partial charge in [0.2, 0.25) is 0 Å². The van der Waals surface area contributed by atoms with Crippen LogP contribution in [0.2, 0.25) is 0 Å². The summed E-state index contributed by atoms with van der Waals surface area (Å²) >= 11 is 1.69. The fourth-order valence-electron chi connectivity index (χ4n) is 1.61. The fraction of sp³-hybridized carbons (Fsp3) is 0.231. The quantitative estimate of drug-likeness (QED) is 0.631. The second-order valence-electron chi connectivity index (χ2n) is 3.70. The van der Waals surface area contributed by atoms with Crippen LogP contribution in [0.3, 0.4) is 0 Å². The van der Waals surface area contributed by atoms with Gasteiger partial charge in [-0.15, -0.1) is 11.3 Å². The van der Waals surface area contributed by atoms with Crippen molar-refractivity contribution in [3.8, 4) is 10.4 Å². The SMILES string of the molecule is COCCNc1ccc(N)c(-c2cccs2)c1. The van der Waals surface area contributed by atoms with Gasteiger partial charge in [-0.1, -0.05) is 6.07 Å². The van der Waals surface area contributed by atoms with Crippen LogP contribution in [0, 0.1) is 0 Å². The van der Waals surface area contributed by atoms with Gasteiger partial charge in [0.1, 0.15) is 0 Å². The van der Waals surface area contributed by atoms with Gasteiger partial charge in [-0.05, 0) is 29.6 Å². The molecule has 0 bridgehead atoms. The predicted octanol–water partition coefficient (Wildman–Crippen LogP) is 3.06. The maximum atomic E-state index is 5.99. The zero-order valence-electron chi connectivity index (χ0n) is 9.77. The van der Waals surface area contributed by atoms with E-state index in [2.05, 4.69) is 22.8 Å². The number of hydrogen-bond donors (Lipinski definition) is 2. The second kappa shape index (κ2) is 5.70. The monoisotopic (exact) mass is 248 g/mol. The van der Waals surface area contributed by atoms with Crippen LogP contribution in [0.5, 0.6) is 0 Å². The molecule has 0 saturated heterocycles. The van der Waals surface area contributed by atoms with Crippen LogP contribution in [0.25, 0.3) is 10.4 Å². The number of rotatable bonds is 5. The smallest absolute Gasteiger partial charge is 0.0635 e. The highest BCUT2D eigenvalue weighted by atomic mass is 32.1. The molecule has 0 saturated carbocycles. The molecule has 90 valence electrons. The standard InChI is InChI=1S/C13H16N2OS/c1-16-7-6-15-10-4-5-12(14)11(9-10)13-3-2-8-17-13/h2-5,8-9,15H,6-7,14H2,1H3. The summed E-state index contributed by atoms with van der Waals surface area (Å²) in [5.74, 6) is 0. The number of ether oxygens (including phenoxy) is 1. The molecule has 3 nitrogen and oxygen atoms in total. The van der Waals surface area contributed by atoms with Gasteiger partial charge in [0.15, 0.2) is 0 Å². The van der Waals surface area contributed by atoms with E-state index in [4.69, 9.17) is 10.5 Å². The third-order valence-corrected chi connectivity index (χ3v) is 3.38. The van der Waals surface area contributed by atoms with E-state index in [1.54, 1.807) is 18.4 Å². The lowest BCUT2D eigenvalue weighted by atomic mass is 10.1. The third kappa shape index (κ3) is 2.99. The normalized spacial score (nSPS) is 10.4. The molecule has 1 aromatic heterocycles. The number of methoxy groups -OCH3 is 1. The molecule has 0 unspecified atom stereocenters. The van der Waals surface area contributed by atoms with Gasteiger partial charge in [-0.3, -0.25) is 0 Å². The molecule has 2 rings (SSSR count). The highest BCUT2D eigenvalue weighted by Crippen LogP contribution is 2.31. The van der Waals surface area contributed by atoms with Gasteiger partial charge in [0, 0.05) is 35.5 Å². The summed E-state index contributed by atoms with van der Waals surface area (Å²) in [5.41, 5.74) is 8.95. The Morgan fingerprint density at radius 1 is 1.35 bits per heavy atom. The summed E-state index contributed by atoms with van der Waals surface area (Å²) in [6.45, 7) is 1.49. The van der Waals surface area contributed by atoms with Crippen LogP contribution < -0.4 is 11.1 Å². The van der Waals surface area contributed by atoms with Gasteiger partial charge in [0.05, 0.1) is 6.61 Å². The number of nitrogens with two attached hydrogens (primary N) is 1. The van der Waals surface area contributed by atoms with Crippen molar-refractivity contribution in [3.05, 3.63) is 35.7 Å². The molecule has 1 aromatic carbocycles. The van der Waals surface area contributed by atoms with E-state index in [1.165, 1.54) is 4.88 Å². The van der Waals surface area contributed by atoms with Crippen molar-refractivity contribution < 1.29 is 4.74 Å². The van der Waals surface area contributed by atoms with E-state index in [0.717, 1.165) is 23.5 Å². The Kier molecular flexibility index (Phi) is 4.01. The lowest BCUT2D eigenvalue weighted by Gasteiger charge is -2.09.